The maximum atomic E-state index is 5.89. The van der Waals surface area contributed by atoms with Crippen LogP contribution >= 0.6 is 0 Å². The van der Waals surface area contributed by atoms with Crippen LogP contribution in [-0.4, -0.2) is 19.9 Å². The van der Waals surface area contributed by atoms with Gasteiger partial charge in [-0.05, 0) is 167 Å². The third kappa shape index (κ3) is 16.8. The predicted molar refractivity (Wildman–Crippen MR) is 321 cm³/mol. The number of anilines is 9. The fraction of sp³-hybridized carbons (Fsp3) is 0.441. The summed E-state index contributed by atoms with van der Waals surface area (Å²) in [6, 6.07) is 51.6. The van der Waals surface area contributed by atoms with E-state index < -0.39 is 0 Å². The van der Waals surface area contributed by atoms with Crippen molar-refractivity contribution < 1.29 is 0 Å². The summed E-state index contributed by atoms with van der Waals surface area (Å²) in [7, 11) is 0. The Morgan fingerprint density at radius 3 is 0.880 bits per heavy atom. The van der Waals surface area contributed by atoms with Crippen LogP contribution in [0, 0.1) is 0 Å². The Morgan fingerprint density at radius 2 is 0.547 bits per heavy atom. The second kappa shape index (κ2) is 30.9. The zero-order chi connectivity index (χ0) is 52.5. The number of aryl methyl sites for hydroxylation is 6. The molecule has 7 rings (SSSR count). The summed E-state index contributed by atoms with van der Waals surface area (Å²) in [5.41, 5.74) is 11.4. The highest BCUT2D eigenvalue weighted by Crippen LogP contribution is 2.44. The van der Waals surface area contributed by atoms with Gasteiger partial charge >= 0.3 is 0 Å². The van der Waals surface area contributed by atoms with Crippen LogP contribution in [-0.2, 0) is 38.5 Å². The second-order valence-electron chi connectivity index (χ2n) is 20.8. The maximum absolute atomic E-state index is 5.89. The maximum Gasteiger partial charge on any atom is 0.143 e. The van der Waals surface area contributed by atoms with Gasteiger partial charge in [0.05, 0.1) is 5.69 Å². The molecule has 7 heteroatoms. The van der Waals surface area contributed by atoms with E-state index in [1.807, 2.05) is 0 Å². The number of benzene rings is 3. The number of hydrogen-bond acceptors (Lipinski definition) is 7. The molecule has 0 N–H and O–H groups in total. The Balaban J connectivity index is 1.54. The summed E-state index contributed by atoms with van der Waals surface area (Å²) in [6.07, 6.45) is 26.8. The van der Waals surface area contributed by atoms with E-state index in [2.05, 4.69) is 196 Å². The van der Waals surface area contributed by atoms with Crippen molar-refractivity contribution in [3.05, 3.63) is 173 Å². The van der Waals surface area contributed by atoms with Crippen LogP contribution in [0.2, 0.25) is 0 Å². The van der Waals surface area contributed by atoms with Crippen molar-refractivity contribution in [2.45, 2.75) is 196 Å². The average molecular weight is 1000 g/mol. The Hall–Kier alpha value is -6.34. The minimum atomic E-state index is 0.776. The zero-order valence-corrected chi connectivity index (χ0v) is 46.9. The van der Waals surface area contributed by atoms with E-state index in [0.717, 1.165) is 146 Å². The van der Waals surface area contributed by atoms with E-state index in [1.54, 1.807) is 0 Å². The van der Waals surface area contributed by atoms with Crippen molar-refractivity contribution in [2.24, 2.45) is 0 Å². The lowest BCUT2D eigenvalue weighted by Crippen LogP contribution is -2.20. The molecule has 0 spiro atoms. The third-order valence-corrected chi connectivity index (χ3v) is 14.4. The highest BCUT2D eigenvalue weighted by Gasteiger charge is 2.26. The van der Waals surface area contributed by atoms with E-state index in [4.69, 9.17) is 19.9 Å². The molecule has 3 aromatic carbocycles. The molecule has 7 aromatic rings. The average Bonchev–Trinajstić information content (AvgIpc) is 3.42. The molecule has 0 bridgehead atoms. The third-order valence-electron chi connectivity index (χ3n) is 14.4. The van der Waals surface area contributed by atoms with Crippen LogP contribution in [0.1, 0.15) is 191 Å². The minimum Gasteiger partial charge on any atom is -0.295 e. The predicted octanol–water partition coefficient (Wildman–Crippen LogP) is 20.1. The fourth-order valence-electron chi connectivity index (χ4n) is 10.2. The number of unbranched alkanes of at least 4 members (excludes halogenated alkanes) is 12. The summed E-state index contributed by atoms with van der Waals surface area (Å²) >= 11 is 0. The first-order valence-electron chi connectivity index (χ1n) is 29.5. The molecular formula is C68H89N7. The van der Waals surface area contributed by atoms with Crippen molar-refractivity contribution in [1.29, 1.82) is 0 Å². The number of pyridine rings is 4. The van der Waals surface area contributed by atoms with Crippen molar-refractivity contribution in [1.82, 2.24) is 19.9 Å². The summed E-state index contributed by atoms with van der Waals surface area (Å²) in [5.74, 6) is 4.15. The van der Waals surface area contributed by atoms with E-state index >= 15 is 0 Å². The van der Waals surface area contributed by atoms with Gasteiger partial charge in [0.15, 0.2) is 0 Å². The topological polar surface area (TPSA) is 61.3 Å². The quantitative estimate of drug-likeness (QED) is 0.0380. The molecule has 396 valence electrons. The fourth-order valence-corrected chi connectivity index (χ4v) is 10.2. The van der Waals surface area contributed by atoms with Gasteiger partial charge in [0.25, 0.3) is 0 Å². The number of nitrogens with zero attached hydrogens (tertiary/aromatic N) is 7. The number of aromatic nitrogens is 4. The van der Waals surface area contributed by atoms with E-state index in [9.17, 15) is 0 Å². The molecule has 0 atom stereocenters. The van der Waals surface area contributed by atoms with E-state index in [1.165, 1.54) is 93.7 Å². The standard InChI is InChI=1S/C68H89N7/c1-7-13-19-31-54-34-25-43-60(49-54)73(64-46-28-40-57(69-64)37-22-16-10-4)63-52-67(74(61-44-26-35-55(50-61)32-20-14-8-2)65-47-29-41-58(70-65)38-23-17-11-5)72-68(53-63)75(62-45-27-36-56(51-62)33-21-15-9-3)66-48-30-42-59(71-66)39-24-18-12-6/h25-30,34-36,40-53H,7-24,31-33,37-39H2,1-6H3. The molecule has 0 unspecified atom stereocenters. The highest BCUT2D eigenvalue weighted by molar-refractivity contribution is 5.85. The normalized spacial score (nSPS) is 11.3. The molecule has 0 aliphatic rings. The smallest absolute Gasteiger partial charge is 0.143 e. The number of rotatable bonds is 33. The van der Waals surface area contributed by atoms with Gasteiger partial charge in [0, 0.05) is 46.3 Å². The van der Waals surface area contributed by atoms with Gasteiger partial charge in [-0.2, -0.15) is 0 Å². The largest absolute Gasteiger partial charge is 0.295 e. The minimum absolute atomic E-state index is 0.776. The summed E-state index contributed by atoms with van der Waals surface area (Å²) < 4.78 is 0. The van der Waals surface area contributed by atoms with E-state index in [0.29, 0.717) is 0 Å². The Morgan fingerprint density at radius 1 is 0.253 bits per heavy atom. The van der Waals surface area contributed by atoms with Gasteiger partial charge in [-0.1, -0.05) is 173 Å². The van der Waals surface area contributed by atoms with Gasteiger partial charge in [0.1, 0.15) is 29.1 Å². The van der Waals surface area contributed by atoms with Crippen LogP contribution in [0.5, 0.6) is 0 Å². The van der Waals surface area contributed by atoms with Crippen LogP contribution < -0.4 is 14.7 Å². The van der Waals surface area contributed by atoms with Crippen LogP contribution in [0.25, 0.3) is 0 Å². The van der Waals surface area contributed by atoms with Crippen molar-refractivity contribution in [3.8, 4) is 0 Å². The van der Waals surface area contributed by atoms with Gasteiger partial charge in [-0.25, -0.2) is 19.9 Å². The summed E-state index contributed by atoms with van der Waals surface area (Å²) in [6.45, 7) is 13.6. The first kappa shape index (κ1) is 56.4. The lowest BCUT2D eigenvalue weighted by molar-refractivity contribution is 0.707. The summed E-state index contributed by atoms with van der Waals surface area (Å²) in [5, 5.41) is 0. The van der Waals surface area contributed by atoms with Crippen molar-refractivity contribution in [2.75, 3.05) is 14.7 Å². The van der Waals surface area contributed by atoms with Gasteiger partial charge in [-0.3, -0.25) is 14.7 Å². The molecule has 0 saturated carbocycles. The SMILES string of the molecule is CCCCCc1cccc(N(c2cc(N(c3cccc(CCCCC)c3)c3cccc(CCCCC)n3)nc(N(c3cccc(CCCCC)c3)c3cccc(CCCCC)n3)c2)c2cccc(CCCCC)n2)c1. The highest BCUT2D eigenvalue weighted by atomic mass is 15.3. The molecule has 4 heterocycles. The second-order valence-corrected chi connectivity index (χ2v) is 20.8. The molecular weight excluding hydrogens is 915 g/mol. The van der Waals surface area contributed by atoms with Crippen LogP contribution in [0.4, 0.5) is 51.8 Å². The Labute approximate surface area is 453 Å². The van der Waals surface area contributed by atoms with Crippen LogP contribution in [0.3, 0.4) is 0 Å². The van der Waals surface area contributed by atoms with Gasteiger partial charge < -0.3 is 0 Å². The van der Waals surface area contributed by atoms with Gasteiger partial charge in [0.2, 0.25) is 0 Å². The van der Waals surface area contributed by atoms with Gasteiger partial charge in [-0.15, -0.1) is 0 Å². The molecule has 75 heavy (non-hydrogen) atoms. The Bertz CT molecular complexity index is 2290. The summed E-state index contributed by atoms with van der Waals surface area (Å²) in [4.78, 5) is 29.4. The lowest BCUT2D eigenvalue weighted by Gasteiger charge is -2.31. The first-order valence-corrected chi connectivity index (χ1v) is 29.5. The first-order chi connectivity index (χ1) is 36.9. The van der Waals surface area contributed by atoms with E-state index in [-0.39, 0.29) is 0 Å². The molecule has 7 nitrogen and oxygen atoms in total. The zero-order valence-electron chi connectivity index (χ0n) is 46.9. The lowest BCUT2D eigenvalue weighted by atomic mass is 10.1. The molecule has 0 aliphatic carbocycles. The molecule has 0 amide bonds. The molecule has 0 fully saturated rings. The molecule has 4 aromatic heterocycles. The van der Waals surface area contributed by atoms with Crippen LogP contribution in [0.15, 0.2) is 140 Å². The number of hydrogen-bond donors (Lipinski definition) is 0. The van der Waals surface area contributed by atoms with Crippen molar-refractivity contribution in [3.63, 3.8) is 0 Å². The molecule has 0 saturated heterocycles. The monoisotopic (exact) mass is 1000 g/mol. The Kier molecular flexibility index (Phi) is 23.2. The van der Waals surface area contributed by atoms with Crippen molar-refractivity contribution >= 4 is 51.8 Å². The molecule has 0 aliphatic heterocycles. The molecule has 0 radical (unpaired) electrons.